The second-order valence-corrected chi connectivity index (χ2v) is 9.69. The zero-order valence-corrected chi connectivity index (χ0v) is 21.2. The van der Waals surface area contributed by atoms with Gasteiger partial charge in [-0.05, 0) is 31.0 Å². The second-order valence-electron chi connectivity index (χ2n) is 8.52. The van der Waals surface area contributed by atoms with Gasteiger partial charge in [-0.1, -0.05) is 18.2 Å². The van der Waals surface area contributed by atoms with Crippen molar-refractivity contribution in [1.29, 1.82) is 0 Å². The fourth-order valence-corrected chi connectivity index (χ4v) is 4.66. The Balaban J connectivity index is 1.96. The number of hydrogen-bond acceptors (Lipinski definition) is 8. The Kier molecular flexibility index (Phi) is 9.66. The third-order valence-corrected chi connectivity index (χ3v) is 6.92. The standard InChI is InChI=1S/C23H24F7N5O3S/c1-2-14-5-7-18(39-14)17(36)12-21(23(28,29)30,31-20(37)11-19-32-34-35-33-19)15-6-4-13(10-16(15)24)38-9-3-8-22(25,26)27/h4-7,10,20,31,37H,2-3,8-9,11-12H2,1H3,(H,32,33,34,35)/t20?,21-/m0/s1. The number of rotatable bonds is 13. The lowest BCUT2D eigenvalue weighted by molar-refractivity contribution is -0.210. The number of H-pyrrole nitrogens is 1. The quantitative estimate of drug-likeness (QED) is 0.114. The summed E-state index contributed by atoms with van der Waals surface area (Å²) in [6.45, 7) is 1.35. The Morgan fingerprint density at radius 2 is 1.92 bits per heavy atom. The molecule has 0 radical (unpaired) electrons. The summed E-state index contributed by atoms with van der Waals surface area (Å²) in [5, 5.41) is 24.9. The smallest absolute Gasteiger partial charge is 0.411 e. The van der Waals surface area contributed by atoms with Gasteiger partial charge in [0.2, 0.25) is 0 Å². The Labute approximate surface area is 221 Å². The highest BCUT2D eigenvalue weighted by Crippen LogP contribution is 2.45. The maximum Gasteiger partial charge on any atom is 0.411 e. The number of carbonyl (C=O) groups excluding carboxylic acids is 1. The molecule has 2 heterocycles. The molecule has 0 spiro atoms. The summed E-state index contributed by atoms with van der Waals surface area (Å²) in [5.74, 6) is -2.86. The van der Waals surface area contributed by atoms with Gasteiger partial charge in [-0.15, -0.1) is 21.5 Å². The minimum Gasteiger partial charge on any atom is -0.493 e. The minimum atomic E-state index is -5.32. The zero-order chi connectivity index (χ0) is 28.8. The molecule has 1 aromatic carbocycles. The number of aromatic nitrogens is 4. The molecule has 0 aliphatic heterocycles. The highest BCUT2D eigenvalue weighted by molar-refractivity contribution is 7.14. The molecule has 0 amide bonds. The van der Waals surface area contributed by atoms with Gasteiger partial charge in [-0.25, -0.2) is 4.39 Å². The van der Waals surface area contributed by atoms with Crippen LogP contribution in [0, 0.1) is 5.82 Å². The van der Waals surface area contributed by atoms with E-state index >= 15 is 4.39 Å². The summed E-state index contributed by atoms with van der Waals surface area (Å²) in [5.41, 5.74) is -4.44. The van der Waals surface area contributed by atoms with E-state index in [2.05, 4.69) is 20.6 Å². The Bertz CT molecular complexity index is 1230. The summed E-state index contributed by atoms with van der Waals surface area (Å²) in [6, 6.07) is 5.22. The molecular weight excluding hydrogens is 559 g/mol. The van der Waals surface area contributed by atoms with E-state index in [0.29, 0.717) is 12.5 Å². The normalized spacial score (nSPS) is 14.7. The van der Waals surface area contributed by atoms with Gasteiger partial charge >= 0.3 is 12.4 Å². The first kappa shape index (κ1) is 30.4. The molecule has 0 bridgehead atoms. The maximum absolute atomic E-state index is 15.3. The van der Waals surface area contributed by atoms with Crippen LogP contribution >= 0.6 is 11.3 Å². The predicted octanol–water partition coefficient (Wildman–Crippen LogP) is 4.87. The molecule has 3 aromatic rings. The van der Waals surface area contributed by atoms with E-state index in [1.807, 2.05) is 5.32 Å². The molecule has 0 aliphatic carbocycles. The first-order chi connectivity index (χ1) is 18.2. The lowest BCUT2D eigenvalue weighted by Crippen LogP contribution is -2.59. The number of carbonyl (C=O) groups is 1. The molecule has 8 nitrogen and oxygen atoms in total. The summed E-state index contributed by atoms with van der Waals surface area (Å²) in [4.78, 5) is 13.8. The van der Waals surface area contributed by atoms with E-state index < -0.39 is 73.6 Å². The number of alkyl halides is 6. The minimum absolute atomic E-state index is 0.0139. The summed E-state index contributed by atoms with van der Waals surface area (Å²) >= 11 is 0.996. The number of thiophene rings is 1. The number of aromatic amines is 1. The van der Waals surface area contributed by atoms with Crippen molar-refractivity contribution in [2.24, 2.45) is 0 Å². The molecule has 1 unspecified atom stereocenters. The number of tetrazole rings is 1. The van der Waals surface area contributed by atoms with Crippen LogP contribution < -0.4 is 10.1 Å². The van der Waals surface area contributed by atoms with Crippen LogP contribution in [0.2, 0.25) is 0 Å². The predicted molar refractivity (Wildman–Crippen MR) is 125 cm³/mol. The highest BCUT2D eigenvalue weighted by Gasteiger charge is 2.59. The molecule has 0 fully saturated rings. The van der Waals surface area contributed by atoms with Gasteiger partial charge in [0.15, 0.2) is 17.1 Å². The van der Waals surface area contributed by atoms with Crippen LogP contribution in [0.15, 0.2) is 30.3 Å². The van der Waals surface area contributed by atoms with E-state index in [1.165, 1.54) is 6.07 Å². The van der Waals surface area contributed by atoms with Gasteiger partial charge in [0.25, 0.3) is 0 Å². The molecule has 16 heteroatoms. The molecule has 3 N–H and O–H groups in total. The van der Waals surface area contributed by atoms with Crippen LogP contribution in [0.4, 0.5) is 30.7 Å². The number of halogens is 7. The van der Waals surface area contributed by atoms with E-state index in [4.69, 9.17) is 4.74 Å². The lowest BCUT2D eigenvalue weighted by Gasteiger charge is -2.38. The van der Waals surface area contributed by atoms with Crippen molar-refractivity contribution in [1.82, 2.24) is 25.9 Å². The molecular formula is C23H24F7N5O3S. The number of nitrogens with one attached hydrogen (secondary N) is 2. The first-order valence-corrected chi connectivity index (χ1v) is 12.4. The van der Waals surface area contributed by atoms with E-state index in [0.717, 1.165) is 28.3 Å². The van der Waals surface area contributed by atoms with Gasteiger partial charge in [0.1, 0.15) is 17.8 Å². The van der Waals surface area contributed by atoms with Gasteiger partial charge in [-0.2, -0.15) is 31.6 Å². The fraction of sp³-hybridized carbons (Fsp3) is 0.478. The fourth-order valence-electron chi connectivity index (χ4n) is 3.78. The van der Waals surface area contributed by atoms with Crippen LogP contribution in [-0.4, -0.2) is 56.7 Å². The van der Waals surface area contributed by atoms with Crippen LogP contribution in [0.1, 0.15) is 52.1 Å². The average molecular weight is 584 g/mol. The largest absolute Gasteiger partial charge is 0.493 e. The van der Waals surface area contributed by atoms with Gasteiger partial charge in [0, 0.05) is 29.3 Å². The van der Waals surface area contributed by atoms with E-state index in [9.17, 15) is 36.2 Å². The maximum atomic E-state index is 15.3. The molecule has 0 saturated heterocycles. The van der Waals surface area contributed by atoms with Gasteiger partial charge in [0.05, 0.1) is 17.9 Å². The number of aliphatic hydroxyl groups excluding tert-OH is 1. The van der Waals surface area contributed by atoms with Crippen molar-refractivity contribution >= 4 is 17.1 Å². The molecule has 39 heavy (non-hydrogen) atoms. The van der Waals surface area contributed by atoms with Crippen molar-refractivity contribution < 1.29 is 45.4 Å². The van der Waals surface area contributed by atoms with Gasteiger partial charge in [-0.3, -0.25) is 10.1 Å². The number of benzene rings is 1. The number of Topliss-reactive ketones (excluding diaryl/α,β-unsaturated/α-hetero) is 1. The monoisotopic (exact) mass is 583 g/mol. The summed E-state index contributed by atoms with van der Waals surface area (Å²) in [6.07, 6.45) is -14.7. The number of aliphatic hydroxyl groups is 1. The van der Waals surface area contributed by atoms with Crippen molar-refractivity contribution in [3.8, 4) is 5.75 Å². The molecule has 0 aliphatic rings. The molecule has 0 saturated carbocycles. The van der Waals surface area contributed by atoms with Crippen LogP contribution in [0.25, 0.3) is 0 Å². The molecule has 2 atom stereocenters. The Hall–Kier alpha value is -3.11. The zero-order valence-electron chi connectivity index (χ0n) is 20.4. The van der Waals surface area contributed by atoms with Crippen molar-refractivity contribution in [3.63, 3.8) is 0 Å². The molecule has 2 aromatic heterocycles. The molecule has 214 valence electrons. The summed E-state index contributed by atoms with van der Waals surface area (Å²) < 4.78 is 102. The molecule has 3 rings (SSSR count). The number of hydrogen-bond donors (Lipinski definition) is 3. The van der Waals surface area contributed by atoms with E-state index in [-0.39, 0.29) is 16.5 Å². The topological polar surface area (TPSA) is 113 Å². The Morgan fingerprint density at radius 1 is 1.18 bits per heavy atom. The van der Waals surface area contributed by atoms with Gasteiger partial charge < -0.3 is 9.84 Å². The highest BCUT2D eigenvalue weighted by atomic mass is 32.1. The van der Waals surface area contributed by atoms with E-state index in [1.54, 1.807) is 13.0 Å². The first-order valence-electron chi connectivity index (χ1n) is 11.6. The van der Waals surface area contributed by atoms with Crippen LogP contribution in [-0.2, 0) is 18.4 Å². The number of aryl methyl sites for hydroxylation is 1. The Morgan fingerprint density at radius 3 is 2.49 bits per heavy atom. The summed E-state index contributed by atoms with van der Waals surface area (Å²) in [7, 11) is 0. The number of ether oxygens (including phenoxy) is 1. The average Bonchev–Trinajstić information content (AvgIpc) is 3.52. The van der Waals surface area contributed by atoms with Crippen molar-refractivity contribution in [3.05, 3.63) is 57.3 Å². The number of nitrogens with zero attached hydrogens (tertiary/aromatic N) is 3. The van der Waals surface area contributed by atoms with Crippen LogP contribution in [0.5, 0.6) is 5.75 Å². The third-order valence-electron chi connectivity index (χ3n) is 5.65. The second kappa shape index (κ2) is 12.4. The van der Waals surface area contributed by atoms with Crippen LogP contribution in [0.3, 0.4) is 0 Å². The van der Waals surface area contributed by atoms with Crippen molar-refractivity contribution in [2.75, 3.05) is 6.61 Å². The lowest BCUT2D eigenvalue weighted by atomic mass is 9.82. The third kappa shape index (κ3) is 7.95. The SMILES string of the molecule is CCc1ccc(C(=O)C[C@](NC(O)Cc2nn[nH]n2)(c2ccc(OCCCC(F)(F)F)cc2F)C(F)(F)F)s1. The number of ketones is 1. The van der Waals surface area contributed by atoms with Crippen molar-refractivity contribution in [2.45, 2.75) is 63.1 Å².